The summed E-state index contributed by atoms with van der Waals surface area (Å²) in [4.78, 5) is 22.2. The number of hydrogen-bond acceptors (Lipinski definition) is 2. The third kappa shape index (κ3) is 3.37. The van der Waals surface area contributed by atoms with Crippen LogP contribution in [-0.2, 0) is 0 Å². The van der Waals surface area contributed by atoms with Crippen molar-refractivity contribution in [1.82, 2.24) is 5.32 Å². The molecule has 0 fully saturated rings. The van der Waals surface area contributed by atoms with E-state index in [0.717, 1.165) is 3.57 Å². The summed E-state index contributed by atoms with van der Waals surface area (Å²) >= 11 is 2.05. The van der Waals surface area contributed by atoms with Crippen molar-refractivity contribution >= 4 is 40.3 Å². The smallest absolute Gasteiger partial charge is 0.337 e. The van der Waals surface area contributed by atoms with Gasteiger partial charge in [-0.05, 0) is 47.7 Å². The van der Waals surface area contributed by atoms with Gasteiger partial charge in [0.2, 0.25) is 0 Å². The van der Waals surface area contributed by atoms with Gasteiger partial charge in [-0.25, -0.2) is 9.59 Å². The van der Waals surface area contributed by atoms with Crippen LogP contribution in [0.3, 0.4) is 0 Å². The Kier molecular flexibility index (Phi) is 4.53. The molecule has 0 bridgehead atoms. The van der Waals surface area contributed by atoms with Crippen LogP contribution in [-0.4, -0.2) is 23.7 Å². The third-order valence-corrected chi connectivity index (χ3v) is 2.47. The van der Waals surface area contributed by atoms with E-state index < -0.39 is 12.0 Å². The molecular weight excluding hydrogens is 323 g/mol. The van der Waals surface area contributed by atoms with Crippen molar-refractivity contribution in [2.75, 3.05) is 11.9 Å². The number of amides is 2. The van der Waals surface area contributed by atoms with Crippen LogP contribution in [0.2, 0.25) is 0 Å². The molecule has 0 atom stereocenters. The van der Waals surface area contributed by atoms with Crippen molar-refractivity contribution in [2.24, 2.45) is 0 Å². The Labute approximate surface area is 106 Å². The summed E-state index contributed by atoms with van der Waals surface area (Å²) in [6.07, 6.45) is 0. The summed E-state index contributed by atoms with van der Waals surface area (Å²) in [5, 5.41) is 14.0. The number of anilines is 1. The predicted octanol–water partition coefficient (Wildman–Crippen LogP) is 2.13. The maximum Gasteiger partial charge on any atom is 0.337 e. The van der Waals surface area contributed by atoms with E-state index >= 15 is 0 Å². The van der Waals surface area contributed by atoms with Crippen molar-refractivity contribution in [3.63, 3.8) is 0 Å². The van der Waals surface area contributed by atoms with Crippen molar-refractivity contribution in [3.05, 3.63) is 27.3 Å². The van der Waals surface area contributed by atoms with Crippen LogP contribution < -0.4 is 10.6 Å². The quantitative estimate of drug-likeness (QED) is 0.741. The number of carboxylic acids is 1. The first-order valence-corrected chi connectivity index (χ1v) is 5.70. The zero-order valence-corrected chi connectivity index (χ0v) is 10.7. The molecule has 5 nitrogen and oxygen atoms in total. The topological polar surface area (TPSA) is 78.4 Å². The SMILES string of the molecule is CCNC(=O)Nc1cc(I)ccc1C(=O)O. The Balaban J connectivity index is 2.96. The Morgan fingerprint density at radius 3 is 2.69 bits per heavy atom. The van der Waals surface area contributed by atoms with Crippen LogP contribution >= 0.6 is 22.6 Å². The number of halogens is 1. The van der Waals surface area contributed by atoms with Gasteiger partial charge in [0, 0.05) is 10.1 Å². The van der Waals surface area contributed by atoms with Crippen LogP contribution in [0, 0.1) is 3.57 Å². The molecule has 0 saturated heterocycles. The van der Waals surface area contributed by atoms with Gasteiger partial charge in [0.15, 0.2) is 0 Å². The number of benzene rings is 1. The van der Waals surface area contributed by atoms with Gasteiger partial charge in [0.25, 0.3) is 0 Å². The summed E-state index contributed by atoms with van der Waals surface area (Å²) < 4.78 is 0.856. The van der Waals surface area contributed by atoms with Crippen molar-refractivity contribution < 1.29 is 14.7 Å². The monoisotopic (exact) mass is 334 g/mol. The number of carbonyl (C=O) groups is 2. The number of carbonyl (C=O) groups excluding carboxylic acids is 1. The summed E-state index contributed by atoms with van der Waals surface area (Å²) in [5.74, 6) is -1.07. The highest BCUT2D eigenvalue weighted by molar-refractivity contribution is 14.1. The van der Waals surface area contributed by atoms with Gasteiger partial charge in [0.1, 0.15) is 0 Å². The van der Waals surface area contributed by atoms with Crippen molar-refractivity contribution in [1.29, 1.82) is 0 Å². The highest BCUT2D eigenvalue weighted by Crippen LogP contribution is 2.19. The molecule has 1 aromatic carbocycles. The molecule has 0 unspecified atom stereocenters. The first kappa shape index (κ1) is 12.8. The highest BCUT2D eigenvalue weighted by Gasteiger charge is 2.12. The van der Waals surface area contributed by atoms with E-state index in [0.29, 0.717) is 12.2 Å². The lowest BCUT2D eigenvalue weighted by Crippen LogP contribution is -2.29. The lowest BCUT2D eigenvalue weighted by atomic mass is 10.2. The Bertz CT molecular complexity index is 421. The van der Waals surface area contributed by atoms with Gasteiger partial charge in [-0.15, -0.1) is 0 Å². The lowest BCUT2D eigenvalue weighted by molar-refractivity contribution is 0.0698. The van der Waals surface area contributed by atoms with Gasteiger partial charge in [-0.2, -0.15) is 0 Å². The normalized spacial score (nSPS) is 9.62. The number of nitrogens with one attached hydrogen (secondary N) is 2. The molecule has 0 aliphatic carbocycles. The summed E-state index contributed by atoms with van der Waals surface area (Å²) in [7, 11) is 0. The summed E-state index contributed by atoms with van der Waals surface area (Å²) in [5.41, 5.74) is 0.372. The van der Waals surface area contributed by atoms with E-state index in [1.807, 2.05) is 22.6 Å². The molecule has 0 radical (unpaired) electrons. The van der Waals surface area contributed by atoms with E-state index in [4.69, 9.17) is 5.11 Å². The second kappa shape index (κ2) is 5.69. The molecule has 2 amide bonds. The summed E-state index contributed by atoms with van der Waals surface area (Å²) in [6, 6.07) is 4.34. The number of aromatic carboxylic acids is 1. The van der Waals surface area contributed by atoms with E-state index in [1.165, 1.54) is 6.07 Å². The van der Waals surface area contributed by atoms with Crippen molar-refractivity contribution in [2.45, 2.75) is 6.92 Å². The average Bonchev–Trinajstić information content (AvgIpc) is 2.17. The van der Waals surface area contributed by atoms with Crippen LogP contribution in [0.15, 0.2) is 18.2 Å². The van der Waals surface area contributed by atoms with Gasteiger partial charge in [-0.1, -0.05) is 0 Å². The number of carboxylic acid groups (broad SMARTS) is 1. The van der Waals surface area contributed by atoms with Gasteiger partial charge in [-0.3, -0.25) is 0 Å². The Morgan fingerprint density at radius 2 is 2.12 bits per heavy atom. The zero-order chi connectivity index (χ0) is 12.1. The number of hydrogen-bond donors (Lipinski definition) is 3. The standard InChI is InChI=1S/C10H11IN2O3/c1-2-12-10(16)13-8-5-6(11)3-4-7(8)9(14)15/h3-5H,2H2,1H3,(H,14,15)(H2,12,13,16). The second-order valence-corrected chi connectivity index (χ2v) is 4.23. The molecule has 16 heavy (non-hydrogen) atoms. The fourth-order valence-corrected chi connectivity index (χ4v) is 1.62. The zero-order valence-electron chi connectivity index (χ0n) is 8.58. The molecule has 0 aromatic heterocycles. The fourth-order valence-electron chi connectivity index (χ4n) is 1.13. The largest absolute Gasteiger partial charge is 0.478 e. The van der Waals surface area contributed by atoms with E-state index in [1.54, 1.807) is 19.1 Å². The minimum atomic E-state index is -1.07. The number of rotatable bonds is 3. The minimum Gasteiger partial charge on any atom is -0.478 e. The van der Waals surface area contributed by atoms with Gasteiger partial charge in [0.05, 0.1) is 11.3 Å². The lowest BCUT2D eigenvalue weighted by Gasteiger charge is -2.09. The van der Waals surface area contributed by atoms with E-state index in [2.05, 4.69) is 10.6 Å². The average molecular weight is 334 g/mol. The Morgan fingerprint density at radius 1 is 1.44 bits per heavy atom. The van der Waals surface area contributed by atoms with Gasteiger partial charge < -0.3 is 15.7 Å². The van der Waals surface area contributed by atoms with Crippen LogP contribution in [0.1, 0.15) is 17.3 Å². The first-order chi connectivity index (χ1) is 7.54. The van der Waals surface area contributed by atoms with Gasteiger partial charge >= 0.3 is 12.0 Å². The first-order valence-electron chi connectivity index (χ1n) is 4.62. The molecule has 0 heterocycles. The molecule has 0 spiro atoms. The molecule has 1 aromatic rings. The maximum atomic E-state index is 11.3. The maximum absolute atomic E-state index is 11.3. The fraction of sp³-hybridized carbons (Fsp3) is 0.200. The summed E-state index contributed by atoms with van der Waals surface area (Å²) in [6.45, 7) is 2.27. The molecule has 1 rings (SSSR count). The van der Waals surface area contributed by atoms with E-state index in [-0.39, 0.29) is 5.56 Å². The number of urea groups is 1. The second-order valence-electron chi connectivity index (χ2n) is 2.98. The Hall–Kier alpha value is -1.31. The third-order valence-electron chi connectivity index (χ3n) is 1.80. The van der Waals surface area contributed by atoms with Crippen molar-refractivity contribution in [3.8, 4) is 0 Å². The molecule has 0 saturated carbocycles. The minimum absolute atomic E-state index is 0.0756. The predicted molar refractivity (Wildman–Crippen MR) is 68.8 cm³/mol. The molecule has 0 aliphatic heterocycles. The van der Waals surface area contributed by atoms with E-state index in [9.17, 15) is 9.59 Å². The molecule has 86 valence electrons. The van der Waals surface area contributed by atoms with Crippen LogP contribution in [0.25, 0.3) is 0 Å². The van der Waals surface area contributed by atoms with Crippen LogP contribution in [0.5, 0.6) is 0 Å². The molecule has 3 N–H and O–H groups in total. The molecular formula is C10H11IN2O3. The molecule has 0 aliphatic rings. The highest BCUT2D eigenvalue weighted by atomic mass is 127. The van der Waals surface area contributed by atoms with Crippen LogP contribution in [0.4, 0.5) is 10.5 Å². The molecule has 6 heteroatoms.